The van der Waals surface area contributed by atoms with Crippen molar-refractivity contribution >= 4 is 5.91 Å². The number of rotatable bonds is 5. The van der Waals surface area contributed by atoms with Gasteiger partial charge in [-0.2, -0.15) is 0 Å². The maximum absolute atomic E-state index is 12.1. The quantitative estimate of drug-likeness (QED) is 0.746. The van der Waals surface area contributed by atoms with E-state index in [-0.39, 0.29) is 17.9 Å². The van der Waals surface area contributed by atoms with Crippen LogP contribution in [0.4, 0.5) is 0 Å². The van der Waals surface area contributed by atoms with Gasteiger partial charge in [-0.25, -0.2) is 0 Å². The molecule has 1 heterocycles. The summed E-state index contributed by atoms with van der Waals surface area (Å²) in [6.07, 6.45) is 0.0979. The van der Waals surface area contributed by atoms with Crippen molar-refractivity contribution in [2.75, 3.05) is 26.7 Å². The van der Waals surface area contributed by atoms with E-state index >= 15 is 0 Å². The lowest BCUT2D eigenvalue weighted by Gasteiger charge is -2.22. The zero-order chi connectivity index (χ0) is 14.6. The fraction of sp³-hybridized carbons (Fsp3) is 0.533. The number of methoxy groups -OCH3 is 1. The highest BCUT2D eigenvalue weighted by atomic mass is 16.5. The number of carbonyl (C=O) groups excluding carboxylic acids is 1. The molecule has 0 radical (unpaired) electrons. The predicted octanol–water partition coefficient (Wildman–Crippen LogP) is 0.844. The molecule has 1 saturated heterocycles. The van der Waals surface area contributed by atoms with E-state index in [9.17, 15) is 9.90 Å². The molecule has 2 unspecified atom stereocenters. The molecule has 0 bridgehead atoms. The summed E-state index contributed by atoms with van der Waals surface area (Å²) in [5.74, 6) is 0.685. The fourth-order valence-corrected chi connectivity index (χ4v) is 2.38. The Kier molecular flexibility index (Phi) is 4.62. The van der Waals surface area contributed by atoms with Gasteiger partial charge in [0.2, 0.25) is 5.91 Å². The first-order valence-electron chi connectivity index (χ1n) is 6.86. The molecule has 1 aliphatic rings. The van der Waals surface area contributed by atoms with Crippen LogP contribution in [0.25, 0.3) is 0 Å². The molecule has 1 fully saturated rings. The Labute approximate surface area is 119 Å². The number of ether oxygens (including phenoxy) is 1. The molecule has 110 valence electrons. The van der Waals surface area contributed by atoms with Crippen molar-refractivity contribution in [3.05, 3.63) is 29.8 Å². The fourth-order valence-electron chi connectivity index (χ4n) is 2.38. The van der Waals surface area contributed by atoms with Gasteiger partial charge in [-0.05, 0) is 37.6 Å². The predicted molar refractivity (Wildman–Crippen MR) is 76.6 cm³/mol. The van der Waals surface area contributed by atoms with E-state index in [0.717, 1.165) is 18.5 Å². The van der Waals surface area contributed by atoms with Crippen LogP contribution in [-0.2, 0) is 4.79 Å². The Hall–Kier alpha value is -1.59. The molecule has 5 heteroatoms. The molecule has 0 saturated carbocycles. The Morgan fingerprint density at radius 2 is 2.40 bits per heavy atom. The lowest BCUT2D eigenvalue weighted by molar-refractivity contribution is -0.129. The third kappa shape index (κ3) is 3.29. The van der Waals surface area contributed by atoms with Crippen molar-refractivity contribution in [1.29, 1.82) is 0 Å². The van der Waals surface area contributed by atoms with Gasteiger partial charge < -0.3 is 20.5 Å². The third-order valence-electron chi connectivity index (χ3n) is 3.85. The van der Waals surface area contributed by atoms with E-state index < -0.39 is 6.10 Å². The Balaban J connectivity index is 1.91. The number of nitrogens with one attached hydrogen (secondary N) is 2. The highest BCUT2D eigenvalue weighted by Crippen LogP contribution is 2.25. The monoisotopic (exact) mass is 278 g/mol. The molecule has 3 N–H and O–H groups in total. The number of aliphatic hydroxyl groups is 1. The summed E-state index contributed by atoms with van der Waals surface area (Å²) in [4.78, 5) is 12.1. The molecule has 0 aliphatic carbocycles. The van der Waals surface area contributed by atoms with Crippen LogP contribution in [0.5, 0.6) is 5.75 Å². The zero-order valence-electron chi connectivity index (χ0n) is 12.0. The normalized spacial score (nSPS) is 23.4. The first-order valence-corrected chi connectivity index (χ1v) is 6.86. The van der Waals surface area contributed by atoms with Crippen molar-refractivity contribution in [3.63, 3.8) is 0 Å². The summed E-state index contributed by atoms with van der Waals surface area (Å²) in [7, 11) is 1.58. The van der Waals surface area contributed by atoms with Crippen LogP contribution >= 0.6 is 0 Å². The zero-order valence-corrected chi connectivity index (χ0v) is 12.0. The number of benzene rings is 1. The molecular formula is C15H22N2O3. The molecule has 0 aromatic heterocycles. The van der Waals surface area contributed by atoms with Gasteiger partial charge in [0.05, 0.1) is 18.6 Å². The standard InChI is InChI=1S/C15H22N2O3/c1-15(6-7-16-10-15)14(19)17-9-13(18)11-4-3-5-12(8-11)20-2/h3-5,8,13,16,18H,6-7,9-10H2,1-2H3,(H,17,19). The number of hydrogen-bond acceptors (Lipinski definition) is 4. The average Bonchev–Trinajstić information content (AvgIpc) is 2.92. The van der Waals surface area contributed by atoms with Gasteiger partial charge in [0.25, 0.3) is 0 Å². The average molecular weight is 278 g/mol. The molecule has 1 aromatic rings. The van der Waals surface area contributed by atoms with Gasteiger partial charge in [0.1, 0.15) is 5.75 Å². The van der Waals surface area contributed by atoms with Crippen LogP contribution in [0.2, 0.25) is 0 Å². The van der Waals surface area contributed by atoms with Gasteiger partial charge in [0, 0.05) is 13.1 Å². The van der Waals surface area contributed by atoms with Gasteiger partial charge in [-0.3, -0.25) is 4.79 Å². The van der Waals surface area contributed by atoms with Gasteiger partial charge in [-0.1, -0.05) is 12.1 Å². The summed E-state index contributed by atoms with van der Waals surface area (Å²) in [5.41, 5.74) is 0.369. The van der Waals surface area contributed by atoms with E-state index in [2.05, 4.69) is 10.6 Å². The molecule has 1 aromatic carbocycles. The third-order valence-corrected chi connectivity index (χ3v) is 3.85. The minimum atomic E-state index is -0.730. The smallest absolute Gasteiger partial charge is 0.227 e. The summed E-state index contributed by atoms with van der Waals surface area (Å²) in [6, 6.07) is 7.23. The van der Waals surface area contributed by atoms with Crippen LogP contribution in [0.15, 0.2) is 24.3 Å². The molecule has 1 aliphatic heterocycles. The molecule has 20 heavy (non-hydrogen) atoms. The first-order chi connectivity index (χ1) is 9.55. The van der Waals surface area contributed by atoms with Gasteiger partial charge in [0.15, 0.2) is 0 Å². The SMILES string of the molecule is COc1cccc(C(O)CNC(=O)C2(C)CCNC2)c1. The van der Waals surface area contributed by atoms with Crippen molar-refractivity contribution < 1.29 is 14.6 Å². The summed E-state index contributed by atoms with van der Waals surface area (Å²) >= 11 is 0. The summed E-state index contributed by atoms with van der Waals surface area (Å²) < 4.78 is 5.12. The number of amides is 1. The topological polar surface area (TPSA) is 70.6 Å². The van der Waals surface area contributed by atoms with Crippen LogP contribution in [0, 0.1) is 5.41 Å². The summed E-state index contributed by atoms with van der Waals surface area (Å²) in [6.45, 7) is 3.71. The molecule has 2 rings (SSSR count). The molecule has 1 amide bonds. The van der Waals surface area contributed by atoms with Crippen LogP contribution in [0.3, 0.4) is 0 Å². The van der Waals surface area contributed by atoms with E-state index in [1.54, 1.807) is 13.2 Å². The highest BCUT2D eigenvalue weighted by molar-refractivity contribution is 5.82. The molecule has 0 spiro atoms. The van der Waals surface area contributed by atoms with Crippen LogP contribution < -0.4 is 15.4 Å². The van der Waals surface area contributed by atoms with Crippen LogP contribution in [0.1, 0.15) is 25.0 Å². The Bertz CT molecular complexity index is 470. The van der Waals surface area contributed by atoms with Gasteiger partial charge >= 0.3 is 0 Å². The maximum Gasteiger partial charge on any atom is 0.227 e. The number of aliphatic hydroxyl groups excluding tert-OH is 1. The van der Waals surface area contributed by atoms with Gasteiger partial charge in [-0.15, -0.1) is 0 Å². The second-order valence-electron chi connectivity index (χ2n) is 5.49. The maximum atomic E-state index is 12.1. The lowest BCUT2D eigenvalue weighted by Crippen LogP contribution is -2.41. The molecule has 2 atom stereocenters. The van der Waals surface area contributed by atoms with Crippen LogP contribution in [-0.4, -0.2) is 37.8 Å². The summed E-state index contributed by atoms with van der Waals surface area (Å²) in [5, 5.41) is 16.1. The second kappa shape index (κ2) is 6.24. The van der Waals surface area contributed by atoms with Crippen molar-refractivity contribution in [3.8, 4) is 5.75 Å². The van der Waals surface area contributed by atoms with E-state index in [1.165, 1.54) is 0 Å². The van der Waals surface area contributed by atoms with Crippen molar-refractivity contribution in [2.45, 2.75) is 19.4 Å². The van der Waals surface area contributed by atoms with E-state index in [0.29, 0.717) is 12.3 Å². The van der Waals surface area contributed by atoms with E-state index in [4.69, 9.17) is 4.74 Å². The minimum Gasteiger partial charge on any atom is -0.497 e. The molecule has 5 nitrogen and oxygen atoms in total. The van der Waals surface area contributed by atoms with Crippen molar-refractivity contribution in [1.82, 2.24) is 10.6 Å². The van der Waals surface area contributed by atoms with E-state index in [1.807, 2.05) is 25.1 Å². The Morgan fingerprint density at radius 3 is 3.05 bits per heavy atom. The Morgan fingerprint density at radius 1 is 1.60 bits per heavy atom. The molecular weight excluding hydrogens is 256 g/mol. The second-order valence-corrected chi connectivity index (χ2v) is 5.49. The highest BCUT2D eigenvalue weighted by Gasteiger charge is 2.36. The largest absolute Gasteiger partial charge is 0.497 e. The minimum absolute atomic E-state index is 0.00977. The number of hydrogen-bond donors (Lipinski definition) is 3. The first kappa shape index (κ1) is 14.8. The lowest BCUT2D eigenvalue weighted by atomic mass is 9.89. The number of carbonyl (C=O) groups is 1. The van der Waals surface area contributed by atoms with Crippen molar-refractivity contribution in [2.24, 2.45) is 5.41 Å².